The van der Waals surface area contributed by atoms with Crippen molar-refractivity contribution in [3.63, 3.8) is 0 Å². The third kappa shape index (κ3) is 144. The van der Waals surface area contributed by atoms with E-state index in [9.17, 15) is 19.2 Å². The molecule has 0 unspecified atom stereocenters. The van der Waals surface area contributed by atoms with Gasteiger partial charge in [0.25, 0.3) is 0 Å². The van der Waals surface area contributed by atoms with E-state index >= 15 is 0 Å². The van der Waals surface area contributed by atoms with Crippen molar-refractivity contribution < 1.29 is 72.2 Å². The van der Waals surface area contributed by atoms with Crippen LogP contribution in [0.15, 0.2) is 91.0 Å². The fourth-order valence-corrected chi connectivity index (χ4v) is 5.55. The third-order valence-corrected chi connectivity index (χ3v) is 9.38. The van der Waals surface area contributed by atoms with Crippen LogP contribution in [0.2, 0.25) is 0 Å². The Balaban J connectivity index is -0.0000000332. The topological polar surface area (TPSA) is 577 Å². The zero-order valence-corrected chi connectivity index (χ0v) is 68.8. The molecule has 3 aromatic rings. The maximum Gasteiger partial charge on any atom is 0.246 e. The number of benzene rings is 3. The first kappa shape index (κ1) is 170. The van der Waals surface area contributed by atoms with E-state index in [0.717, 1.165) is 42.7 Å². The molecule has 3 atom stereocenters. The molecule has 1 fully saturated rings. The Kier molecular flexibility index (Phi) is 334. The van der Waals surface area contributed by atoms with Gasteiger partial charge in [-0.25, -0.2) is 0 Å². The lowest BCUT2D eigenvalue weighted by Crippen LogP contribution is -2.58. The second-order valence-corrected chi connectivity index (χ2v) is 14.8. The van der Waals surface area contributed by atoms with Gasteiger partial charge in [0.2, 0.25) is 23.6 Å². The highest BCUT2D eigenvalue weighted by atomic mass is 16.3. The number of likely N-dealkylation sites (tertiary alicyclic amines) is 1. The number of hydrogen-bond acceptors (Lipinski definition) is 25. The molecule has 1 saturated heterocycles. The van der Waals surface area contributed by atoms with Crippen LogP contribution in [0.5, 0.6) is 0 Å². The fourth-order valence-electron chi connectivity index (χ4n) is 5.55. The van der Waals surface area contributed by atoms with Crippen LogP contribution < -0.4 is 64.3 Å². The molecule has 1 aliphatic heterocycles. The number of carbonyl (C=O) groups excluding carboxylic acids is 14. The molecule has 0 spiro atoms. The number of amides is 4. The first-order valence-electron chi connectivity index (χ1n) is 31.4. The molecule has 1 aliphatic rings. The smallest absolute Gasteiger partial charge is 0.246 e. The third-order valence-electron chi connectivity index (χ3n) is 9.38. The van der Waals surface area contributed by atoms with Crippen molar-refractivity contribution >= 4 is 91.5 Å². The number of hydrogen-bond donors (Lipinski definition) is 12. The minimum atomic E-state index is -0.861. The molecule has 29 heteroatoms. The van der Waals surface area contributed by atoms with Gasteiger partial charge < -0.3 is 132 Å². The Morgan fingerprint density at radius 2 is 0.644 bits per heavy atom. The number of rotatable bonds is 12. The molecule has 0 saturated carbocycles. The second-order valence-electron chi connectivity index (χ2n) is 14.8. The van der Waals surface area contributed by atoms with Gasteiger partial charge in [-0.15, -0.1) is 0 Å². The summed E-state index contributed by atoms with van der Waals surface area (Å²) in [6.45, 7) is 56.8. The number of piperidine rings is 1. The summed E-state index contributed by atoms with van der Waals surface area (Å²) in [7, 11) is 12.2. The maximum absolute atomic E-state index is 13.9. The normalized spacial score (nSPS) is 8.49. The summed E-state index contributed by atoms with van der Waals surface area (Å²) in [5, 5.41) is 10.9. The van der Waals surface area contributed by atoms with Crippen LogP contribution in [0.25, 0.3) is 0 Å². The Bertz CT molecular complexity index is 1700. The predicted octanol–water partition coefficient (Wildman–Crippen LogP) is 8.73. The molecule has 29 nitrogen and oxygen atoms in total. The maximum atomic E-state index is 13.9. The van der Waals surface area contributed by atoms with Gasteiger partial charge in [-0.3, -0.25) is 19.2 Å². The van der Waals surface area contributed by atoms with Crippen LogP contribution >= 0.6 is 0 Å². The number of aliphatic hydroxyl groups excluding tert-OH is 1. The van der Waals surface area contributed by atoms with Crippen LogP contribution in [0.3, 0.4) is 0 Å². The Morgan fingerprint density at radius 1 is 0.426 bits per heavy atom. The summed E-state index contributed by atoms with van der Waals surface area (Å²) in [6, 6.07) is 27.1. The van der Waals surface area contributed by atoms with Crippen LogP contribution in [0.4, 0.5) is 0 Å². The number of nitrogens with one attached hydrogen (secondary N) is 1. The number of nitrogens with zero attached hydrogens (tertiary/aromatic N) is 3. The fraction of sp³-hybridized carbons (Fsp3) is 0.556. The highest BCUT2D eigenvalue weighted by molar-refractivity contribution is 5.94. The predicted molar refractivity (Wildman–Crippen MR) is 434 cm³/mol. The lowest BCUT2D eigenvalue weighted by molar-refractivity contribution is -0.147. The highest BCUT2D eigenvalue weighted by Crippen LogP contribution is 2.16. The van der Waals surface area contributed by atoms with E-state index in [0.29, 0.717) is 19.5 Å². The largest absolute Gasteiger partial charge is 0.394 e. The average Bonchev–Trinajstić information content (AvgIpc) is 0.826. The van der Waals surface area contributed by atoms with E-state index in [-0.39, 0.29) is 54.8 Å². The van der Waals surface area contributed by atoms with E-state index < -0.39 is 24.0 Å². The second kappa shape index (κ2) is 198. The van der Waals surface area contributed by atoms with Gasteiger partial charge in [0.1, 0.15) is 86.0 Å². The summed E-state index contributed by atoms with van der Waals surface area (Å²) in [5.74, 6) is -0.194. The molecule has 0 bridgehead atoms. The minimum absolute atomic E-state index is 0. The number of nitrogens with two attached hydrogens (primary N) is 6. The van der Waals surface area contributed by atoms with E-state index in [1.165, 1.54) is 71.0 Å². The molecule has 26 N–H and O–H groups in total. The number of likely N-dealkylation sites (N-methyl/N-ethyl adjacent to an activating group) is 2. The monoisotopic (exact) mass is 1460 g/mol. The molecule has 0 aliphatic carbocycles. The first-order chi connectivity index (χ1) is 47.1. The van der Waals surface area contributed by atoms with Gasteiger partial charge in [-0.05, 0) is 111 Å². The van der Waals surface area contributed by atoms with Crippen LogP contribution in [-0.2, 0) is 86.4 Å². The van der Waals surface area contributed by atoms with Crippen molar-refractivity contribution in [2.45, 2.75) is 194 Å². The van der Waals surface area contributed by atoms with Crippen LogP contribution in [0.1, 0.15) is 167 Å². The Labute approximate surface area is 617 Å². The Morgan fingerprint density at radius 3 is 0.842 bits per heavy atom. The summed E-state index contributed by atoms with van der Waals surface area (Å²) in [6.07, 6.45) is 5.92. The van der Waals surface area contributed by atoms with Gasteiger partial charge in [0.05, 0.1) is 0 Å². The first-order valence-corrected chi connectivity index (χ1v) is 31.4. The van der Waals surface area contributed by atoms with Gasteiger partial charge in [0, 0.05) is 53.1 Å². The molecule has 4 rings (SSSR count). The zero-order chi connectivity index (χ0) is 83.3. The Hall–Kier alpha value is -8.20. The van der Waals surface area contributed by atoms with Crippen molar-refractivity contribution in [3.05, 3.63) is 108 Å². The lowest BCUT2D eigenvalue weighted by Gasteiger charge is -2.35. The molecular formula is C72H162N14O15. The zero-order valence-electron chi connectivity index (χ0n) is 68.8. The van der Waals surface area contributed by atoms with E-state index in [4.69, 9.17) is 53.1 Å². The summed E-state index contributed by atoms with van der Waals surface area (Å²) in [4.78, 5) is 137. The quantitative estimate of drug-likeness (QED) is 0.0806. The molecule has 4 amide bonds. The number of carbonyl (C=O) groups is 14. The van der Waals surface area contributed by atoms with Gasteiger partial charge >= 0.3 is 0 Å². The summed E-state index contributed by atoms with van der Waals surface area (Å²) < 4.78 is 0. The van der Waals surface area contributed by atoms with Crippen molar-refractivity contribution in [2.75, 3.05) is 69.5 Å². The van der Waals surface area contributed by atoms with Crippen molar-refractivity contribution in [2.24, 2.45) is 40.3 Å². The molecule has 3 aromatic carbocycles. The van der Waals surface area contributed by atoms with E-state index in [2.05, 4.69) is 91.7 Å². The number of aliphatic hydroxyl groups is 1. The highest BCUT2D eigenvalue weighted by Gasteiger charge is 2.35. The summed E-state index contributed by atoms with van der Waals surface area (Å²) >= 11 is 0. The average molecular weight is 1460 g/mol. The van der Waals surface area contributed by atoms with Crippen LogP contribution in [-0.4, -0.2) is 205 Å². The molecule has 101 heavy (non-hydrogen) atoms. The van der Waals surface area contributed by atoms with Crippen LogP contribution in [0, 0.1) is 5.92 Å². The number of aryl methyl sites for hydroxylation is 1. The van der Waals surface area contributed by atoms with Crippen molar-refractivity contribution in [1.82, 2.24) is 44.6 Å². The van der Waals surface area contributed by atoms with Gasteiger partial charge in [-0.1, -0.05) is 194 Å². The molecular weight excluding hydrogens is 1300 g/mol. The minimum Gasteiger partial charge on any atom is -0.394 e. The van der Waals surface area contributed by atoms with E-state index in [1.54, 1.807) is 39.8 Å². The lowest BCUT2D eigenvalue weighted by atomic mass is 10.00. The van der Waals surface area contributed by atoms with Crippen molar-refractivity contribution in [1.29, 1.82) is 0 Å². The SMILES string of the molecule is C=O.C=O.C=O.C=O.C=O.C=O.C=O.C=O.C=O.C=O.CC.CC.CC.CC.CC.CC(=O)N(C)[C@@H](Cc1ccccc1)C(=O)N(C)[C@@H](Cc1ccccc1)C(=O)N[C@@H](C)C(=O)N1CCCCC1.CC(C)O.CCC(C)C.CCc1ccccc1.CN.CN.CN.CN.CN.CN.N.N.N.N. The summed E-state index contributed by atoms with van der Waals surface area (Å²) in [5.41, 5.74) is 30.2. The van der Waals surface area contributed by atoms with Gasteiger partial charge in [0.15, 0.2) is 0 Å². The molecule has 1 heterocycles. The molecule has 0 radical (unpaired) electrons. The van der Waals surface area contributed by atoms with E-state index in [1.807, 2.05) is 204 Å². The standard InChI is InChI=1S/C30H40N4O4.C8H10.C5H12.C3H8O.5C2H6.6CH5N.10CH2O.4H3N/c1-22(29(37)34-18-12-7-13-19-34)31-28(36)26(20-24-14-8-5-9-15-24)33(4)30(38)27(32(3)23(2)35)21-25-16-10-6-11-17-25;1-2-8-6-4-3-5-7-8;1-4-5(2)3;1-3(2)4;21*1-2;;;;/h5-6,8-11,14-17,22,26-27H,7,12-13,18-21H2,1-4H3,(H,31,36);3-7H,2H2,1H3;5H,4H2,1-3H3;3-4H,1-2H3;5*1-2H3;6*2H2,1H3;10*1H2;4*1H3/t22-,26-,27-;;;;;;;;;;;;;;;;;;;;;;;;;;;;/m0............................/s1. The molecule has 610 valence electrons. The molecule has 0 aromatic heterocycles. The van der Waals surface area contributed by atoms with Gasteiger partial charge in [-0.2, -0.15) is 0 Å². The van der Waals surface area contributed by atoms with Crippen molar-refractivity contribution in [3.8, 4) is 0 Å².